The number of piperidine rings is 1. The van der Waals surface area contributed by atoms with Crippen LogP contribution in [0.3, 0.4) is 0 Å². The molecule has 0 amide bonds. The van der Waals surface area contributed by atoms with Crippen molar-refractivity contribution in [3.8, 4) is 11.3 Å². The maximum Gasteiger partial charge on any atom is 0.146 e. The third kappa shape index (κ3) is 5.30. The van der Waals surface area contributed by atoms with E-state index in [1.165, 1.54) is 18.4 Å². The molecular formula is C28H34N6O. The first kappa shape index (κ1) is 23.3. The summed E-state index contributed by atoms with van der Waals surface area (Å²) in [5, 5.41) is 14.6. The number of hydrogen-bond donors (Lipinski definition) is 3. The van der Waals surface area contributed by atoms with Crippen LogP contribution in [0.1, 0.15) is 61.8 Å². The third-order valence-corrected chi connectivity index (χ3v) is 6.92. The molecule has 7 heteroatoms. The molecule has 2 aliphatic heterocycles. The second-order valence-corrected chi connectivity index (χ2v) is 9.92. The fourth-order valence-corrected chi connectivity index (χ4v) is 4.85. The van der Waals surface area contributed by atoms with Gasteiger partial charge in [-0.05, 0) is 85.8 Å². The Kier molecular flexibility index (Phi) is 6.95. The molecule has 0 bridgehead atoms. The van der Waals surface area contributed by atoms with E-state index in [0.717, 1.165) is 60.4 Å². The normalized spacial score (nSPS) is 17.7. The molecule has 2 aromatic heterocycles. The lowest BCUT2D eigenvalue weighted by atomic mass is 9.90. The molecule has 5 rings (SSSR count). The molecular weight excluding hydrogens is 436 g/mol. The second-order valence-electron chi connectivity index (χ2n) is 9.92. The van der Waals surface area contributed by atoms with Gasteiger partial charge in [0.05, 0.1) is 11.9 Å². The number of aldehydes is 1. The monoisotopic (exact) mass is 470 g/mol. The number of aromatic nitrogens is 3. The van der Waals surface area contributed by atoms with E-state index >= 15 is 0 Å². The Bertz CT molecular complexity index is 1190. The van der Waals surface area contributed by atoms with Crippen LogP contribution in [0.2, 0.25) is 0 Å². The SMILES string of the molecule is CC(C)CCn1cc(-c2cc3c(c(Nc4ccc(C5CCNCC5)cc4)n2)C(C=O)NC=C3)cn1. The summed E-state index contributed by atoms with van der Waals surface area (Å²) < 4.78 is 1.98. The first-order valence-electron chi connectivity index (χ1n) is 12.6. The Balaban J connectivity index is 1.45. The van der Waals surface area contributed by atoms with E-state index in [-0.39, 0.29) is 0 Å². The van der Waals surface area contributed by atoms with Gasteiger partial charge in [0.25, 0.3) is 0 Å². The van der Waals surface area contributed by atoms with Crippen molar-refractivity contribution in [2.45, 2.75) is 51.6 Å². The minimum Gasteiger partial charge on any atom is -0.378 e. The average Bonchev–Trinajstić information content (AvgIpc) is 3.37. The summed E-state index contributed by atoms with van der Waals surface area (Å²) in [7, 11) is 0. The highest BCUT2D eigenvalue weighted by Gasteiger charge is 2.23. The Morgan fingerprint density at radius 1 is 1.20 bits per heavy atom. The van der Waals surface area contributed by atoms with E-state index in [4.69, 9.17) is 4.98 Å². The Labute approximate surface area is 207 Å². The van der Waals surface area contributed by atoms with Gasteiger partial charge in [0, 0.05) is 29.6 Å². The van der Waals surface area contributed by atoms with Crippen molar-refractivity contribution >= 4 is 23.9 Å². The van der Waals surface area contributed by atoms with Gasteiger partial charge < -0.3 is 20.7 Å². The van der Waals surface area contributed by atoms with Gasteiger partial charge >= 0.3 is 0 Å². The first-order chi connectivity index (χ1) is 17.1. The minimum atomic E-state index is -0.443. The molecule has 4 heterocycles. The molecule has 1 aromatic carbocycles. The summed E-state index contributed by atoms with van der Waals surface area (Å²) in [5.74, 6) is 1.93. The van der Waals surface area contributed by atoms with Crippen LogP contribution in [0.15, 0.2) is 48.9 Å². The predicted molar refractivity (Wildman–Crippen MR) is 140 cm³/mol. The number of aryl methyl sites for hydroxylation is 1. The fraction of sp³-hybridized carbons (Fsp3) is 0.393. The molecule has 1 unspecified atom stereocenters. The number of anilines is 2. The highest BCUT2D eigenvalue weighted by atomic mass is 16.1. The number of nitrogens with zero attached hydrogens (tertiary/aromatic N) is 3. The number of benzene rings is 1. The fourth-order valence-electron chi connectivity index (χ4n) is 4.85. The van der Waals surface area contributed by atoms with Crippen LogP contribution in [0.25, 0.3) is 17.3 Å². The summed E-state index contributed by atoms with van der Waals surface area (Å²) >= 11 is 0. The van der Waals surface area contributed by atoms with Gasteiger partial charge in [0.2, 0.25) is 0 Å². The summed E-state index contributed by atoms with van der Waals surface area (Å²) in [6.07, 6.45) is 12.1. The van der Waals surface area contributed by atoms with Crippen LogP contribution >= 0.6 is 0 Å². The predicted octanol–water partition coefficient (Wildman–Crippen LogP) is 5.02. The maximum absolute atomic E-state index is 11.9. The minimum absolute atomic E-state index is 0.443. The van der Waals surface area contributed by atoms with Crippen molar-refractivity contribution in [1.29, 1.82) is 0 Å². The molecule has 0 aliphatic carbocycles. The molecule has 0 radical (unpaired) electrons. The summed E-state index contributed by atoms with van der Waals surface area (Å²) in [4.78, 5) is 16.8. The number of fused-ring (bicyclic) bond motifs is 1. The quantitative estimate of drug-likeness (QED) is 0.401. The summed E-state index contributed by atoms with van der Waals surface area (Å²) in [6, 6.07) is 10.2. The van der Waals surface area contributed by atoms with Crippen molar-refractivity contribution in [1.82, 2.24) is 25.4 Å². The van der Waals surface area contributed by atoms with Crippen LogP contribution < -0.4 is 16.0 Å². The highest BCUT2D eigenvalue weighted by Crippen LogP contribution is 2.34. The van der Waals surface area contributed by atoms with Crippen LogP contribution in [0, 0.1) is 5.92 Å². The van der Waals surface area contributed by atoms with Gasteiger partial charge in [-0.25, -0.2) is 4.98 Å². The van der Waals surface area contributed by atoms with Gasteiger partial charge in [0.1, 0.15) is 18.1 Å². The molecule has 1 fully saturated rings. The van der Waals surface area contributed by atoms with Gasteiger partial charge in [-0.15, -0.1) is 0 Å². The number of pyridine rings is 1. The summed E-state index contributed by atoms with van der Waals surface area (Å²) in [5.41, 5.74) is 5.99. The number of carbonyl (C=O) groups is 1. The Morgan fingerprint density at radius 2 is 2.00 bits per heavy atom. The van der Waals surface area contributed by atoms with E-state index in [1.54, 1.807) is 0 Å². The molecule has 0 spiro atoms. The van der Waals surface area contributed by atoms with Crippen molar-refractivity contribution in [3.05, 3.63) is 65.6 Å². The smallest absolute Gasteiger partial charge is 0.146 e. The maximum atomic E-state index is 11.9. The Morgan fingerprint density at radius 3 is 2.74 bits per heavy atom. The largest absolute Gasteiger partial charge is 0.378 e. The lowest BCUT2D eigenvalue weighted by Gasteiger charge is -2.24. The van der Waals surface area contributed by atoms with Gasteiger partial charge in [0.15, 0.2) is 0 Å². The molecule has 7 nitrogen and oxygen atoms in total. The third-order valence-electron chi connectivity index (χ3n) is 6.92. The standard InChI is InChI=1S/C28H34N6O/c1-19(2)10-14-34-17-23(16-31-34)25-15-22-9-13-30-26(18-35)27(22)28(33-25)32-24-5-3-20(4-6-24)21-7-11-29-12-8-21/h3-6,9,13,15-19,21,26,29-30H,7-8,10-12,14H2,1-2H3,(H,32,33). The van der Waals surface area contributed by atoms with E-state index in [9.17, 15) is 4.79 Å². The highest BCUT2D eigenvalue weighted by molar-refractivity contribution is 5.79. The van der Waals surface area contributed by atoms with Crippen molar-refractivity contribution in [2.75, 3.05) is 18.4 Å². The molecule has 1 atom stereocenters. The van der Waals surface area contributed by atoms with E-state index < -0.39 is 6.04 Å². The van der Waals surface area contributed by atoms with Crippen LogP contribution in [-0.2, 0) is 11.3 Å². The topological polar surface area (TPSA) is 83.9 Å². The summed E-state index contributed by atoms with van der Waals surface area (Å²) in [6.45, 7) is 7.48. The van der Waals surface area contributed by atoms with E-state index in [1.807, 2.05) is 29.2 Å². The molecule has 3 N–H and O–H groups in total. The van der Waals surface area contributed by atoms with Crippen molar-refractivity contribution < 1.29 is 4.79 Å². The molecule has 35 heavy (non-hydrogen) atoms. The van der Waals surface area contributed by atoms with Crippen LogP contribution in [0.4, 0.5) is 11.5 Å². The second kappa shape index (κ2) is 10.4. The zero-order valence-electron chi connectivity index (χ0n) is 20.5. The first-order valence-corrected chi connectivity index (χ1v) is 12.6. The van der Waals surface area contributed by atoms with Crippen molar-refractivity contribution in [3.63, 3.8) is 0 Å². The van der Waals surface area contributed by atoms with E-state index in [2.05, 4.69) is 65.4 Å². The number of hydrogen-bond acceptors (Lipinski definition) is 6. The number of rotatable bonds is 8. The number of carbonyl (C=O) groups excluding carboxylic acids is 1. The van der Waals surface area contributed by atoms with Gasteiger partial charge in [-0.2, -0.15) is 5.10 Å². The van der Waals surface area contributed by atoms with Gasteiger partial charge in [-0.3, -0.25) is 4.68 Å². The van der Waals surface area contributed by atoms with Crippen LogP contribution in [0.5, 0.6) is 0 Å². The van der Waals surface area contributed by atoms with E-state index in [0.29, 0.717) is 17.7 Å². The number of nitrogens with one attached hydrogen (secondary N) is 3. The van der Waals surface area contributed by atoms with Gasteiger partial charge in [-0.1, -0.05) is 26.0 Å². The molecule has 182 valence electrons. The average molecular weight is 471 g/mol. The lowest BCUT2D eigenvalue weighted by Crippen LogP contribution is -2.26. The molecule has 1 saturated heterocycles. The lowest BCUT2D eigenvalue weighted by molar-refractivity contribution is -0.109. The molecule has 3 aromatic rings. The van der Waals surface area contributed by atoms with Crippen molar-refractivity contribution in [2.24, 2.45) is 5.92 Å². The molecule has 2 aliphatic rings. The zero-order chi connectivity index (χ0) is 24.2. The Hall–Kier alpha value is -3.45. The zero-order valence-corrected chi connectivity index (χ0v) is 20.5. The van der Waals surface area contributed by atoms with Crippen LogP contribution in [-0.4, -0.2) is 34.1 Å². The molecule has 0 saturated carbocycles.